The van der Waals surface area contributed by atoms with Crippen LogP contribution in [0.1, 0.15) is 24.9 Å². The van der Waals surface area contributed by atoms with Crippen LogP contribution in [0, 0.1) is 0 Å². The highest BCUT2D eigenvalue weighted by molar-refractivity contribution is 5.81. The van der Waals surface area contributed by atoms with Gasteiger partial charge in [0.2, 0.25) is 5.91 Å². The van der Waals surface area contributed by atoms with Crippen LogP contribution in [0.4, 0.5) is 0 Å². The highest BCUT2D eigenvalue weighted by Gasteiger charge is 2.15. The molecule has 4 nitrogen and oxygen atoms in total. The Kier molecular flexibility index (Phi) is 4.07. The summed E-state index contributed by atoms with van der Waals surface area (Å²) in [4.78, 5) is 15.1. The van der Waals surface area contributed by atoms with E-state index in [4.69, 9.17) is 5.73 Å². The second-order valence-electron chi connectivity index (χ2n) is 3.08. The number of nitrogens with zero attached hydrogens (tertiary/aromatic N) is 1. The van der Waals surface area contributed by atoms with Gasteiger partial charge < -0.3 is 11.1 Å². The number of pyridine rings is 1. The van der Waals surface area contributed by atoms with Crippen LogP contribution in [0.2, 0.25) is 0 Å². The van der Waals surface area contributed by atoms with Crippen LogP contribution in [0.3, 0.4) is 0 Å². The van der Waals surface area contributed by atoms with Gasteiger partial charge in [-0.2, -0.15) is 0 Å². The number of hydrogen-bond acceptors (Lipinski definition) is 3. The van der Waals surface area contributed by atoms with Gasteiger partial charge in [0.25, 0.3) is 0 Å². The van der Waals surface area contributed by atoms with Gasteiger partial charge in [-0.3, -0.25) is 9.78 Å². The first-order valence-electron chi connectivity index (χ1n) is 4.68. The van der Waals surface area contributed by atoms with Gasteiger partial charge in [-0.05, 0) is 24.6 Å². The van der Waals surface area contributed by atoms with Gasteiger partial charge in [-0.25, -0.2) is 0 Å². The maximum atomic E-state index is 11.1. The molecule has 4 heteroatoms. The molecule has 0 bridgehead atoms. The molecular weight excluding hydrogens is 178 g/mol. The molecule has 0 aliphatic carbocycles. The van der Waals surface area contributed by atoms with Gasteiger partial charge in [-0.15, -0.1) is 0 Å². The number of hydrogen-bond donors (Lipinski definition) is 2. The number of nitrogens with two attached hydrogens (primary N) is 1. The summed E-state index contributed by atoms with van der Waals surface area (Å²) >= 11 is 0. The molecule has 0 saturated heterocycles. The summed E-state index contributed by atoms with van der Waals surface area (Å²) in [5.41, 5.74) is 6.09. The first-order valence-corrected chi connectivity index (χ1v) is 4.68. The molecule has 1 aromatic heterocycles. The number of amides is 1. The van der Waals surface area contributed by atoms with E-state index in [9.17, 15) is 4.79 Å². The standard InChI is InChI=1S/C10H15N3O/c1-2-5-13-9(10(11)14)8-4-3-6-12-7-8/h3-4,6-7,9,13H,2,5H2,1H3,(H2,11,14). The fraction of sp³-hybridized carbons (Fsp3) is 0.400. The Morgan fingerprint density at radius 1 is 1.71 bits per heavy atom. The molecular formula is C10H15N3O. The Morgan fingerprint density at radius 3 is 3.00 bits per heavy atom. The molecule has 14 heavy (non-hydrogen) atoms. The van der Waals surface area contributed by atoms with E-state index < -0.39 is 6.04 Å². The molecule has 0 saturated carbocycles. The van der Waals surface area contributed by atoms with Crippen molar-refractivity contribution in [1.29, 1.82) is 0 Å². The average molecular weight is 193 g/mol. The molecule has 1 atom stereocenters. The van der Waals surface area contributed by atoms with Gasteiger partial charge in [-0.1, -0.05) is 13.0 Å². The van der Waals surface area contributed by atoms with E-state index in [0.717, 1.165) is 18.5 Å². The van der Waals surface area contributed by atoms with Gasteiger partial charge in [0.05, 0.1) is 0 Å². The zero-order chi connectivity index (χ0) is 10.4. The number of carbonyl (C=O) groups is 1. The van der Waals surface area contributed by atoms with Crippen molar-refractivity contribution < 1.29 is 4.79 Å². The quantitative estimate of drug-likeness (QED) is 0.719. The lowest BCUT2D eigenvalue weighted by Gasteiger charge is -2.14. The van der Waals surface area contributed by atoms with Crippen LogP contribution >= 0.6 is 0 Å². The van der Waals surface area contributed by atoms with Gasteiger partial charge in [0, 0.05) is 12.4 Å². The third-order valence-corrected chi connectivity index (χ3v) is 1.90. The molecule has 1 amide bonds. The molecule has 0 fully saturated rings. The third-order valence-electron chi connectivity index (χ3n) is 1.90. The first kappa shape index (κ1) is 10.7. The van der Waals surface area contributed by atoms with Crippen molar-refractivity contribution in [3.8, 4) is 0 Å². The smallest absolute Gasteiger partial charge is 0.239 e. The predicted molar refractivity (Wildman–Crippen MR) is 54.5 cm³/mol. The van der Waals surface area contributed by atoms with Crippen molar-refractivity contribution in [1.82, 2.24) is 10.3 Å². The molecule has 1 heterocycles. The van der Waals surface area contributed by atoms with E-state index in [1.165, 1.54) is 0 Å². The maximum absolute atomic E-state index is 11.1. The monoisotopic (exact) mass is 193 g/mol. The zero-order valence-corrected chi connectivity index (χ0v) is 8.23. The van der Waals surface area contributed by atoms with E-state index >= 15 is 0 Å². The lowest BCUT2D eigenvalue weighted by Crippen LogP contribution is -2.34. The summed E-state index contributed by atoms with van der Waals surface area (Å²) in [6.45, 7) is 2.80. The average Bonchev–Trinajstić information content (AvgIpc) is 2.19. The minimum atomic E-state index is -0.427. The van der Waals surface area contributed by atoms with Crippen LogP contribution < -0.4 is 11.1 Å². The molecule has 0 spiro atoms. The molecule has 0 aliphatic heterocycles. The van der Waals surface area contributed by atoms with E-state index in [-0.39, 0.29) is 5.91 Å². The largest absolute Gasteiger partial charge is 0.368 e. The van der Waals surface area contributed by atoms with E-state index in [1.807, 2.05) is 13.0 Å². The van der Waals surface area contributed by atoms with Gasteiger partial charge in [0.1, 0.15) is 6.04 Å². The normalized spacial score (nSPS) is 12.4. The summed E-state index contributed by atoms with van der Waals surface area (Å²) in [5.74, 6) is -0.369. The predicted octanol–water partition coefficient (Wildman–Crippen LogP) is 0.608. The second-order valence-corrected chi connectivity index (χ2v) is 3.08. The minimum absolute atomic E-state index is 0.369. The van der Waals surface area contributed by atoms with Crippen molar-refractivity contribution in [2.45, 2.75) is 19.4 Å². The highest BCUT2D eigenvalue weighted by atomic mass is 16.1. The van der Waals surface area contributed by atoms with Crippen molar-refractivity contribution in [3.63, 3.8) is 0 Å². The number of primary amides is 1. The van der Waals surface area contributed by atoms with Crippen molar-refractivity contribution >= 4 is 5.91 Å². The Bertz CT molecular complexity index is 287. The van der Waals surface area contributed by atoms with Crippen LogP contribution in [0.25, 0.3) is 0 Å². The minimum Gasteiger partial charge on any atom is -0.368 e. The topological polar surface area (TPSA) is 68.0 Å². The summed E-state index contributed by atoms with van der Waals surface area (Å²) in [7, 11) is 0. The third kappa shape index (κ3) is 2.81. The van der Waals surface area contributed by atoms with Crippen LogP contribution in [-0.2, 0) is 4.79 Å². The van der Waals surface area contributed by atoms with Crippen LogP contribution in [0.15, 0.2) is 24.5 Å². The van der Waals surface area contributed by atoms with E-state index in [0.29, 0.717) is 0 Å². The number of nitrogens with one attached hydrogen (secondary N) is 1. The molecule has 1 aromatic rings. The Balaban J connectivity index is 2.73. The van der Waals surface area contributed by atoms with Crippen molar-refractivity contribution in [3.05, 3.63) is 30.1 Å². The SMILES string of the molecule is CCCNC(C(N)=O)c1cccnc1. The molecule has 0 aromatic carbocycles. The number of aromatic nitrogens is 1. The second kappa shape index (κ2) is 5.34. The fourth-order valence-electron chi connectivity index (χ4n) is 1.22. The summed E-state index contributed by atoms with van der Waals surface area (Å²) in [5, 5.41) is 3.07. The molecule has 1 unspecified atom stereocenters. The summed E-state index contributed by atoms with van der Waals surface area (Å²) in [6.07, 6.45) is 4.28. The van der Waals surface area contributed by atoms with E-state index in [1.54, 1.807) is 18.5 Å². The lowest BCUT2D eigenvalue weighted by molar-refractivity contribution is -0.120. The Labute approximate surface area is 83.5 Å². The number of rotatable bonds is 5. The number of carbonyl (C=O) groups excluding carboxylic acids is 1. The molecule has 1 rings (SSSR count). The summed E-state index contributed by atoms with van der Waals surface area (Å²) in [6, 6.07) is 3.20. The lowest BCUT2D eigenvalue weighted by atomic mass is 10.1. The Hall–Kier alpha value is -1.42. The zero-order valence-electron chi connectivity index (χ0n) is 8.23. The first-order chi connectivity index (χ1) is 6.75. The van der Waals surface area contributed by atoms with Crippen molar-refractivity contribution in [2.24, 2.45) is 5.73 Å². The van der Waals surface area contributed by atoms with E-state index in [2.05, 4.69) is 10.3 Å². The van der Waals surface area contributed by atoms with Gasteiger partial charge in [0.15, 0.2) is 0 Å². The van der Waals surface area contributed by atoms with Crippen molar-refractivity contribution in [2.75, 3.05) is 6.54 Å². The maximum Gasteiger partial charge on any atom is 0.239 e. The summed E-state index contributed by atoms with van der Waals surface area (Å²) < 4.78 is 0. The van der Waals surface area contributed by atoms with Crippen LogP contribution in [-0.4, -0.2) is 17.4 Å². The molecule has 0 radical (unpaired) electrons. The van der Waals surface area contributed by atoms with Gasteiger partial charge >= 0.3 is 0 Å². The molecule has 0 aliphatic rings. The van der Waals surface area contributed by atoms with Crippen LogP contribution in [0.5, 0.6) is 0 Å². The molecule has 76 valence electrons. The highest BCUT2D eigenvalue weighted by Crippen LogP contribution is 2.09. The fourth-order valence-corrected chi connectivity index (χ4v) is 1.22. The Morgan fingerprint density at radius 2 is 2.50 bits per heavy atom. The molecule has 3 N–H and O–H groups in total.